The number of carbonyl (C=O) groups excluding carboxylic acids is 2. The van der Waals surface area contributed by atoms with Gasteiger partial charge >= 0.3 is 0 Å². The van der Waals surface area contributed by atoms with E-state index in [-0.39, 0.29) is 11.8 Å². The highest BCUT2D eigenvalue weighted by Crippen LogP contribution is 2.32. The molecule has 27 heavy (non-hydrogen) atoms. The molecule has 0 aliphatic rings. The third kappa shape index (κ3) is 4.72. The minimum absolute atomic E-state index is 0.269. The van der Waals surface area contributed by atoms with Crippen LogP contribution in [0.5, 0.6) is 0 Å². The lowest BCUT2D eigenvalue weighted by Gasteiger charge is -2.08. The van der Waals surface area contributed by atoms with E-state index in [1.807, 2.05) is 36.6 Å². The van der Waals surface area contributed by atoms with E-state index in [2.05, 4.69) is 20.0 Å². The molecule has 0 saturated carbocycles. The van der Waals surface area contributed by atoms with Crippen LogP contribution < -0.4 is 10.6 Å². The Labute approximate surface area is 165 Å². The third-order valence-electron chi connectivity index (χ3n) is 3.72. The topological polar surface area (TPSA) is 84.0 Å². The molecule has 3 aromatic rings. The summed E-state index contributed by atoms with van der Waals surface area (Å²) in [5, 5.41) is 5.60. The fraction of sp³-hybridized carbons (Fsp3) is 0.158. The Kier molecular flexibility index (Phi) is 6.20. The van der Waals surface area contributed by atoms with Gasteiger partial charge in [-0.1, -0.05) is 18.2 Å². The molecule has 1 aromatic carbocycles. The van der Waals surface area contributed by atoms with Crippen LogP contribution in [-0.4, -0.2) is 27.4 Å². The molecule has 2 aromatic heterocycles. The highest BCUT2D eigenvalue weighted by molar-refractivity contribution is 7.98. The lowest BCUT2D eigenvalue weighted by Crippen LogP contribution is -2.23. The number of hydrogen-bond acceptors (Lipinski definition) is 6. The number of thioether (sulfide) groups is 1. The summed E-state index contributed by atoms with van der Waals surface area (Å²) in [6.07, 6.45) is 3.66. The zero-order chi connectivity index (χ0) is 19.2. The van der Waals surface area contributed by atoms with Crippen molar-refractivity contribution in [3.63, 3.8) is 0 Å². The maximum Gasteiger partial charge on any atom is 0.265 e. The van der Waals surface area contributed by atoms with E-state index >= 15 is 0 Å². The highest BCUT2D eigenvalue weighted by atomic mass is 32.2. The molecule has 0 radical (unpaired) electrons. The molecule has 0 bridgehead atoms. The second-order valence-corrected chi connectivity index (χ2v) is 7.32. The minimum Gasteiger partial charge on any atom is -0.347 e. The lowest BCUT2D eigenvalue weighted by molar-refractivity contribution is -0.114. The summed E-state index contributed by atoms with van der Waals surface area (Å²) in [7, 11) is 0. The van der Waals surface area contributed by atoms with Gasteiger partial charge in [0.05, 0.1) is 11.4 Å². The van der Waals surface area contributed by atoms with E-state index in [1.54, 1.807) is 30.1 Å². The summed E-state index contributed by atoms with van der Waals surface area (Å²) in [6.45, 7) is 1.79. The number of aromatic nitrogens is 2. The first kappa shape index (κ1) is 19.1. The molecule has 6 nitrogen and oxygen atoms in total. The number of carbonyl (C=O) groups is 2. The van der Waals surface area contributed by atoms with Crippen molar-refractivity contribution in [3.8, 4) is 11.4 Å². The van der Waals surface area contributed by atoms with Crippen LogP contribution in [0, 0.1) is 0 Å². The summed E-state index contributed by atoms with van der Waals surface area (Å²) in [5.74, 6) is -0.554. The van der Waals surface area contributed by atoms with E-state index in [9.17, 15) is 9.59 Å². The van der Waals surface area contributed by atoms with E-state index in [4.69, 9.17) is 0 Å². The van der Waals surface area contributed by atoms with Crippen molar-refractivity contribution in [2.24, 2.45) is 0 Å². The van der Waals surface area contributed by atoms with Crippen molar-refractivity contribution < 1.29 is 9.59 Å². The molecule has 0 unspecified atom stereocenters. The summed E-state index contributed by atoms with van der Waals surface area (Å²) < 4.78 is 4.34. The van der Waals surface area contributed by atoms with Gasteiger partial charge in [0.15, 0.2) is 0 Å². The summed E-state index contributed by atoms with van der Waals surface area (Å²) in [6, 6.07) is 13.4. The van der Waals surface area contributed by atoms with E-state index in [0.29, 0.717) is 28.5 Å². The number of benzene rings is 1. The van der Waals surface area contributed by atoms with Crippen molar-refractivity contribution in [2.75, 3.05) is 11.6 Å². The van der Waals surface area contributed by atoms with Crippen molar-refractivity contribution in [3.05, 3.63) is 59.1 Å². The van der Waals surface area contributed by atoms with Crippen molar-refractivity contribution in [1.82, 2.24) is 14.7 Å². The molecule has 0 fully saturated rings. The predicted molar refractivity (Wildman–Crippen MR) is 109 cm³/mol. The Hall–Kier alpha value is -2.71. The molecule has 0 spiro atoms. The SMILES string of the molecule is CSc1ccc(CNC(=O)c2snc(-c3ccccn3)c2NC(C)=O)cc1. The second kappa shape index (κ2) is 8.79. The molecule has 138 valence electrons. The second-order valence-electron chi connectivity index (χ2n) is 5.66. The molecule has 3 rings (SSSR count). The zero-order valence-corrected chi connectivity index (χ0v) is 16.5. The number of hydrogen-bond donors (Lipinski definition) is 2. The normalized spacial score (nSPS) is 10.4. The van der Waals surface area contributed by atoms with Crippen LogP contribution in [0.4, 0.5) is 5.69 Å². The number of rotatable bonds is 6. The molecular formula is C19H18N4O2S2. The average Bonchev–Trinajstić information content (AvgIpc) is 3.10. The van der Waals surface area contributed by atoms with Gasteiger partial charge in [-0.15, -0.1) is 11.8 Å². The summed E-state index contributed by atoms with van der Waals surface area (Å²) >= 11 is 2.71. The molecule has 0 saturated heterocycles. The maximum atomic E-state index is 12.7. The number of anilines is 1. The number of amides is 2. The number of nitrogens with zero attached hydrogens (tertiary/aromatic N) is 2. The summed E-state index contributed by atoms with van der Waals surface area (Å²) in [5.41, 5.74) is 2.48. The summed E-state index contributed by atoms with van der Waals surface area (Å²) in [4.78, 5) is 30.1. The molecule has 2 N–H and O–H groups in total. The van der Waals surface area contributed by atoms with E-state index in [0.717, 1.165) is 17.1 Å². The van der Waals surface area contributed by atoms with Crippen molar-refractivity contribution in [2.45, 2.75) is 18.4 Å². The van der Waals surface area contributed by atoms with Crippen molar-refractivity contribution >= 4 is 40.8 Å². The van der Waals surface area contributed by atoms with Gasteiger partial charge in [-0.05, 0) is 47.6 Å². The van der Waals surface area contributed by atoms with E-state index in [1.165, 1.54) is 11.8 Å². The third-order valence-corrected chi connectivity index (χ3v) is 5.31. The Morgan fingerprint density at radius 2 is 1.93 bits per heavy atom. The number of pyridine rings is 1. The monoisotopic (exact) mass is 398 g/mol. The molecule has 0 atom stereocenters. The van der Waals surface area contributed by atoms with Gasteiger partial charge in [0.1, 0.15) is 10.6 Å². The van der Waals surface area contributed by atoms with Crippen LogP contribution >= 0.6 is 23.3 Å². The van der Waals surface area contributed by atoms with Crippen LogP contribution in [-0.2, 0) is 11.3 Å². The van der Waals surface area contributed by atoms with Crippen LogP contribution in [0.1, 0.15) is 22.2 Å². The smallest absolute Gasteiger partial charge is 0.265 e. The molecule has 8 heteroatoms. The largest absolute Gasteiger partial charge is 0.347 e. The van der Waals surface area contributed by atoms with Gasteiger partial charge < -0.3 is 10.6 Å². The highest BCUT2D eigenvalue weighted by Gasteiger charge is 2.22. The Morgan fingerprint density at radius 3 is 2.56 bits per heavy atom. The molecular weight excluding hydrogens is 380 g/mol. The van der Waals surface area contributed by atoms with Gasteiger partial charge in [-0.25, -0.2) is 0 Å². The van der Waals surface area contributed by atoms with Gasteiger partial charge in [0.2, 0.25) is 5.91 Å². The first-order valence-electron chi connectivity index (χ1n) is 8.18. The molecule has 0 aliphatic heterocycles. The number of nitrogens with one attached hydrogen (secondary N) is 2. The predicted octanol–water partition coefficient (Wildman–Crippen LogP) is 3.82. The Morgan fingerprint density at radius 1 is 1.15 bits per heavy atom. The first-order chi connectivity index (χ1) is 13.1. The van der Waals surface area contributed by atoms with Gasteiger partial charge in [-0.3, -0.25) is 14.6 Å². The van der Waals surface area contributed by atoms with Gasteiger partial charge in [-0.2, -0.15) is 4.37 Å². The lowest BCUT2D eigenvalue weighted by atomic mass is 10.2. The van der Waals surface area contributed by atoms with Crippen LogP contribution in [0.15, 0.2) is 53.6 Å². The van der Waals surface area contributed by atoms with Crippen LogP contribution in [0.25, 0.3) is 11.4 Å². The zero-order valence-electron chi connectivity index (χ0n) is 14.9. The van der Waals surface area contributed by atoms with Crippen LogP contribution in [0.3, 0.4) is 0 Å². The van der Waals surface area contributed by atoms with Gasteiger partial charge in [0.25, 0.3) is 5.91 Å². The minimum atomic E-state index is -0.285. The average molecular weight is 399 g/mol. The molecule has 0 aliphatic carbocycles. The maximum absolute atomic E-state index is 12.7. The fourth-order valence-electron chi connectivity index (χ4n) is 2.42. The Bertz CT molecular complexity index is 940. The standard InChI is InChI=1S/C19H18N4O2S2/c1-12(24)22-17-16(15-5-3-4-10-20-15)23-27-18(17)19(25)21-11-13-6-8-14(26-2)9-7-13/h3-10H,11H2,1-2H3,(H,21,25)(H,22,24). The molecule has 2 amide bonds. The quantitative estimate of drug-likeness (QED) is 0.617. The van der Waals surface area contributed by atoms with Crippen molar-refractivity contribution in [1.29, 1.82) is 0 Å². The van der Waals surface area contributed by atoms with E-state index < -0.39 is 0 Å². The van der Waals surface area contributed by atoms with Gasteiger partial charge in [0, 0.05) is 24.6 Å². The molecule has 2 heterocycles. The fourth-order valence-corrected chi connectivity index (χ4v) is 3.59. The first-order valence-corrected chi connectivity index (χ1v) is 10.2. The Balaban J connectivity index is 1.81. The van der Waals surface area contributed by atoms with Crippen LogP contribution in [0.2, 0.25) is 0 Å².